The van der Waals surface area contributed by atoms with Crippen molar-refractivity contribution in [1.82, 2.24) is 0 Å². The van der Waals surface area contributed by atoms with Crippen molar-refractivity contribution in [2.75, 3.05) is 11.6 Å². The van der Waals surface area contributed by atoms with Gasteiger partial charge in [0.15, 0.2) is 0 Å². The zero-order valence-corrected chi connectivity index (χ0v) is 11.6. The normalized spacial score (nSPS) is 10.1. The summed E-state index contributed by atoms with van der Waals surface area (Å²) in [6, 6.07) is 14.9. The Labute approximate surface area is 116 Å². The van der Waals surface area contributed by atoms with Gasteiger partial charge in [0.2, 0.25) is 0 Å². The summed E-state index contributed by atoms with van der Waals surface area (Å²) in [6.45, 7) is 0. The maximum Gasteiger partial charge on any atom is 0.255 e. The number of amides is 1. The van der Waals surface area contributed by atoms with Gasteiger partial charge in [-0.2, -0.15) is 0 Å². The van der Waals surface area contributed by atoms with Gasteiger partial charge in [0, 0.05) is 21.0 Å². The van der Waals surface area contributed by atoms with Gasteiger partial charge in [-0.1, -0.05) is 6.07 Å². The van der Waals surface area contributed by atoms with Gasteiger partial charge >= 0.3 is 0 Å². The Balaban J connectivity index is 2.11. The van der Waals surface area contributed by atoms with E-state index < -0.39 is 0 Å². The number of carbonyl (C=O) groups excluding carboxylic acids is 1. The minimum atomic E-state index is -0.122. The second-order valence-corrected chi connectivity index (χ2v) is 5.13. The van der Waals surface area contributed by atoms with Gasteiger partial charge in [-0.05, 0) is 48.7 Å². The number of hydrogen-bond acceptors (Lipinski definition) is 3. The second kappa shape index (κ2) is 5.98. The Kier molecular flexibility index (Phi) is 4.33. The highest BCUT2D eigenvalue weighted by molar-refractivity contribution is 7.98. The fourth-order valence-electron chi connectivity index (χ4n) is 1.52. The summed E-state index contributed by atoms with van der Waals surface area (Å²) in [5.74, 6) is -0.122. The van der Waals surface area contributed by atoms with Crippen LogP contribution in [0, 0.1) is 0 Å². The molecule has 0 atom stereocenters. The molecule has 2 rings (SSSR count). The number of thioether (sulfide) groups is 1. The fourth-order valence-corrected chi connectivity index (χ4v) is 2.16. The first kappa shape index (κ1) is 13.1. The third-order valence-electron chi connectivity index (χ3n) is 2.46. The number of carbonyl (C=O) groups is 1. The molecule has 0 aliphatic heterocycles. The summed E-state index contributed by atoms with van der Waals surface area (Å²) >= 11 is 5.89. The molecule has 0 saturated carbocycles. The SMILES string of the molecule is CSc1ccc(NC(=O)c2cccc(S)c2)cc1. The van der Waals surface area contributed by atoms with Crippen LogP contribution in [0.15, 0.2) is 58.3 Å². The van der Waals surface area contributed by atoms with Crippen molar-refractivity contribution in [2.24, 2.45) is 0 Å². The lowest BCUT2D eigenvalue weighted by molar-refractivity contribution is 0.102. The van der Waals surface area contributed by atoms with E-state index >= 15 is 0 Å². The number of hydrogen-bond donors (Lipinski definition) is 2. The first-order valence-electron chi connectivity index (χ1n) is 5.43. The molecule has 2 nitrogen and oxygen atoms in total. The smallest absolute Gasteiger partial charge is 0.255 e. The summed E-state index contributed by atoms with van der Waals surface area (Å²) in [5, 5.41) is 2.85. The van der Waals surface area contributed by atoms with Gasteiger partial charge in [-0.25, -0.2) is 0 Å². The Morgan fingerprint density at radius 2 is 1.89 bits per heavy atom. The zero-order chi connectivity index (χ0) is 13.0. The van der Waals surface area contributed by atoms with Crippen LogP contribution in [-0.4, -0.2) is 12.2 Å². The zero-order valence-electron chi connectivity index (χ0n) is 9.88. The lowest BCUT2D eigenvalue weighted by atomic mass is 10.2. The number of nitrogens with one attached hydrogen (secondary N) is 1. The van der Waals surface area contributed by atoms with E-state index in [1.807, 2.05) is 42.7 Å². The number of benzene rings is 2. The van der Waals surface area contributed by atoms with E-state index in [0.29, 0.717) is 5.56 Å². The molecule has 0 spiro atoms. The van der Waals surface area contributed by atoms with E-state index in [0.717, 1.165) is 10.6 Å². The van der Waals surface area contributed by atoms with E-state index in [-0.39, 0.29) is 5.91 Å². The summed E-state index contributed by atoms with van der Waals surface area (Å²) < 4.78 is 0. The molecule has 0 aromatic heterocycles. The molecule has 0 fully saturated rings. The van der Waals surface area contributed by atoms with E-state index in [2.05, 4.69) is 17.9 Å². The van der Waals surface area contributed by atoms with Crippen molar-refractivity contribution in [2.45, 2.75) is 9.79 Å². The Hall–Kier alpha value is -1.39. The van der Waals surface area contributed by atoms with Crippen LogP contribution in [0.3, 0.4) is 0 Å². The van der Waals surface area contributed by atoms with Gasteiger partial charge in [0.05, 0.1) is 0 Å². The summed E-state index contributed by atoms with van der Waals surface area (Å²) in [7, 11) is 0. The molecule has 0 aliphatic carbocycles. The largest absolute Gasteiger partial charge is 0.322 e. The Bertz CT molecular complexity index is 552. The highest BCUT2D eigenvalue weighted by atomic mass is 32.2. The molecule has 0 unspecified atom stereocenters. The average molecular weight is 275 g/mol. The first-order chi connectivity index (χ1) is 8.69. The van der Waals surface area contributed by atoms with Crippen molar-refractivity contribution in [3.63, 3.8) is 0 Å². The molecule has 92 valence electrons. The predicted molar refractivity (Wildman–Crippen MR) is 79.9 cm³/mol. The maximum atomic E-state index is 12.0. The summed E-state index contributed by atoms with van der Waals surface area (Å²) in [4.78, 5) is 13.9. The van der Waals surface area contributed by atoms with Crippen molar-refractivity contribution in [3.05, 3.63) is 54.1 Å². The highest BCUT2D eigenvalue weighted by Crippen LogP contribution is 2.18. The molecular formula is C14H13NOS2. The third kappa shape index (κ3) is 3.31. The van der Waals surface area contributed by atoms with E-state index in [1.165, 1.54) is 4.90 Å². The maximum absolute atomic E-state index is 12.0. The lowest BCUT2D eigenvalue weighted by Gasteiger charge is -2.06. The van der Waals surface area contributed by atoms with Crippen LogP contribution in [0.2, 0.25) is 0 Å². The molecule has 0 aliphatic rings. The van der Waals surface area contributed by atoms with Crippen LogP contribution in [0.25, 0.3) is 0 Å². The van der Waals surface area contributed by atoms with Crippen LogP contribution >= 0.6 is 24.4 Å². The standard InChI is InChI=1S/C14H13NOS2/c1-18-13-7-5-11(6-8-13)15-14(16)10-3-2-4-12(17)9-10/h2-9,17H,1H3,(H,15,16). The van der Waals surface area contributed by atoms with Crippen molar-refractivity contribution >= 4 is 36.0 Å². The molecule has 4 heteroatoms. The van der Waals surface area contributed by atoms with Crippen molar-refractivity contribution in [3.8, 4) is 0 Å². The molecule has 0 bridgehead atoms. The van der Waals surface area contributed by atoms with Crippen LogP contribution in [-0.2, 0) is 0 Å². The van der Waals surface area contributed by atoms with E-state index in [4.69, 9.17) is 0 Å². The Morgan fingerprint density at radius 1 is 1.17 bits per heavy atom. The minimum Gasteiger partial charge on any atom is -0.322 e. The topological polar surface area (TPSA) is 29.1 Å². The number of rotatable bonds is 3. The molecule has 0 heterocycles. The average Bonchev–Trinajstić information content (AvgIpc) is 2.39. The van der Waals surface area contributed by atoms with E-state index in [1.54, 1.807) is 23.9 Å². The van der Waals surface area contributed by atoms with E-state index in [9.17, 15) is 4.79 Å². The van der Waals surface area contributed by atoms with Gasteiger partial charge in [-0.15, -0.1) is 24.4 Å². The van der Waals surface area contributed by atoms with Gasteiger partial charge in [0.1, 0.15) is 0 Å². The minimum absolute atomic E-state index is 0.122. The second-order valence-electron chi connectivity index (χ2n) is 3.73. The Morgan fingerprint density at radius 3 is 2.50 bits per heavy atom. The molecule has 0 radical (unpaired) electrons. The third-order valence-corrected chi connectivity index (χ3v) is 3.48. The first-order valence-corrected chi connectivity index (χ1v) is 7.10. The molecule has 0 saturated heterocycles. The fraction of sp³-hybridized carbons (Fsp3) is 0.0714. The van der Waals surface area contributed by atoms with Crippen molar-refractivity contribution < 1.29 is 4.79 Å². The molecule has 1 N–H and O–H groups in total. The monoisotopic (exact) mass is 275 g/mol. The van der Waals surface area contributed by atoms with Crippen LogP contribution in [0.5, 0.6) is 0 Å². The molecule has 2 aromatic rings. The molecular weight excluding hydrogens is 262 g/mol. The van der Waals surface area contributed by atoms with Gasteiger partial charge in [-0.3, -0.25) is 4.79 Å². The number of thiol groups is 1. The highest BCUT2D eigenvalue weighted by Gasteiger charge is 2.05. The molecule has 1 amide bonds. The lowest BCUT2D eigenvalue weighted by Crippen LogP contribution is -2.11. The van der Waals surface area contributed by atoms with Crippen molar-refractivity contribution in [1.29, 1.82) is 0 Å². The predicted octanol–water partition coefficient (Wildman–Crippen LogP) is 3.95. The van der Waals surface area contributed by atoms with Gasteiger partial charge in [0.25, 0.3) is 5.91 Å². The van der Waals surface area contributed by atoms with Crippen LogP contribution in [0.1, 0.15) is 10.4 Å². The van der Waals surface area contributed by atoms with Crippen LogP contribution < -0.4 is 5.32 Å². The molecule has 2 aromatic carbocycles. The van der Waals surface area contributed by atoms with Gasteiger partial charge < -0.3 is 5.32 Å². The summed E-state index contributed by atoms with van der Waals surface area (Å²) in [5.41, 5.74) is 1.40. The number of anilines is 1. The quantitative estimate of drug-likeness (QED) is 0.656. The van der Waals surface area contributed by atoms with Crippen LogP contribution in [0.4, 0.5) is 5.69 Å². The molecule has 18 heavy (non-hydrogen) atoms. The summed E-state index contributed by atoms with van der Waals surface area (Å²) in [6.07, 6.45) is 2.02.